The maximum absolute atomic E-state index is 13.3. The van der Waals surface area contributed by atoms with Crippen molar-refractivity contribution in [3.05, 3.63) is 95.6 Å². The van der Waals surface area contributed by atoms with E-state index in [-0.39, 0.29) is 29.4 Å². The van der Waals surface area contributed by atoms with E-state index in [2.05, 4.69) is 5.32 Å². The molecule has 3 aromatic rings. The van der Waals surface area contributed by atoms with Crippen LogP contribution in [-0.4, -0.2) is 11.0 Å². The first-order valence-corrected chi connectivity index (χ1v) is 9.76. The molecule has 0 aliphatic carbocycles. The number of nitrogens with one attached hydrogen (secondary N) is 1. The SMILES string of the molecule is O=C(Nc1ccc(F)cc1)[C@@H]1CC[C@H](c2ccc(F)cc2)O[C@H]1c1ccc(O)cc1. The fraction of sp³-hybridized carbons (Fsp3) is 0.208. The van der Waals surface area contributed by atoms with Crippen molar-refractivity contribution < 1.29 is 23.4 Å². The summed E-state index contributed by atoms with van der Waals surface area (Å²) in [5.74, 6) is -1.27. The molecular formula is C24H21F2NO3. The molecule has 4 rings (SSSR count). The van der Waals surface area contributed by atoms with Crippen LogP contribution in [0.2, 0.25) is 0 Å². The number of ether oxygens (including phenoxy) is 1. The summed E-state index contributed by atoms with van der Waals surface area (Å²) in [6.07, 6.45) is 0.330. The number of benzene rings is 3. The van der Waals surface area contributed by atoms with Crippen molar-refractivity contribution in [3.8, 4) is 5.75 Å². The first-order chi connectivity index (χ1) is 14.5. The summed E-state index contributed by atoms with van der Waals surface area (Å²) in [6, 6.07) is 18.3. The summed E-state index contributed by atoms with van der Waals surface area (Å²) in [5.41, 5.74) is 2.11. The van der Waals surface area contributed by atoms with Crippen molar-refractivity contribution in [1.29, 1.82) is 0 Å². The zero-order valence-corrected chi connectivity index (χ0v) is 16.1. The molecule has 0 saturated carbocycles. The van der Waals surface area contributed by atoms with Crippen molar-refractivity contribution in [3.63, 3.8) is 0 Å². The quantitative estimate of drug-likeness (QED) is 0.597. The van der Waals surface area contributed by atoms with E-state index >= 15 is 0 Å². The predicted octanol–water partition coefficient (Wildman–Crippen LogP) is 5.52. The molecule has 2 N–H and O–H groups in total. The van der Waals surface area contributed by atoms with E-state index in [1.54, 1.807) is 36.4 Å². The van der Waals surface area contributed by atoms with Gasteiger partial charge in [0.2, 0.25) is 5.91 Å². The lowest BCUT2D eigenvalue weighted by Gasteiger charge is -2.36. The van der Waals surface area contributed by atoms with Gasteiger partial charge in [0.05, 0.1) is 18.1 Å². The Morgan fingerprint density at radius 1 is 0.833 bits per heavy atom. The number of anilines is 1. The lowest BCUT2D eigenvalue weighted by atomic mass is 9.85. The molecule has 154 valence electrons. The molecule has 30 heavy (non-hydrogen) atoms. The molecular weight excluding hydrogens is 388 g/mol. The second-order valence-electron chi connectivity index (χ2n) is 7.37. The zero-order chi connectivity index (χ0) is 21.1. The lowest BCUT2D eigenvalue weighted by Crippen LogP contribution is -2.34. The molecule has 4 nitrogen and oxygen atoms in total. The molecule has 3 aromatic carbocycles. The van der Waals surface area contributed by atoms with Crippen molar-refractivity contribution in [2.75, 3.05) is 5.32 Å². The third-order valence-corrected chi connectivity index (χ3v) is 5.33. The van der Waals surface area contributed by atoms with E-state index in [9.17, 15) is 18.7 Å². The summed E-state index contributed by atoms with van der Waals surface area (Å²) in [6.45, 7) is 0. The van der Waals surface area contributed by atoms with Crippen molar-refractivity contribution in [1.82, 2.24) is 0 Å². The Morgan fingerprint density at radius 3 is 2.03 bits per heavy atom. The van der Waals surface area contributed by atoms with Crippen LogP contribution < -0.4 is 5.32 Å². The number of hydrogen-bond donors (Lipinski definition) is 2. The van der Waals surface area contributed by atoms with Crippen LogP contribution >= 0.6 is 0 Å². The van der Waals surface area contributed by atoms with E-state index in [1.807, 2.05) is 0 Å². The Bertz CT molecular complexity index is 1000. The van der Waals surface area contributed by atoms with Gasteiger partial charge in [0.1, 0.15) is 17.4 Å². The minimum atomic E-state index is -0.546. The Kier molecular flexibility index (Phi) is 5.77. The van der Waals surface area contributed by atoms with Crippen LogP contribution in [0.15, 0.2) is 72.8 Å². The Morgan fingerprint density at radius 2 is 1.40 bits per heavy atom. The van der Waals surface area contributed by atoms with Crippen molar-refractivity contribution in [2.24, 2.45) is 5.92 Å². The van der Waals surface area contributed by atoms with Gasteiger partial charge in [-0.15, -0.1) is 0 Å². The molecule has 6 heteroatoms. The van der Waals surface area contributed by atoms with Gasteiger partial charge < -0.3 is 15.2 Å². The fourth-order valence-electron chi connectivity index (χ4n) is 3.76. The summed E-state index contributed by atoms with van der Waals surface area (Å²) in [4.78, 5) is 13.0. The number of halogens is 2. The smallest absolute Gasteiger partial charge is 0.230 e. The van der Waals surface area contributed by atoms with Crippen LogP contribution in [0.4, 0.5) is 14.5 Å². The average Bonchev–Trinajstić information content (AvgIpc) is 2.76. The first kappa shape index (κ1) is 20.0. The van der Waals surface area contributed by atoms with Crippen molar-refractivity contribution in [2.45, 2.75) is 25.0 Å². The highest BCUT2D eigenvalue weighted by molar-refractivity contribution is 5.93. The van der Waals surface area contributed by atoms with E-state index in [0.29, 0.717) is 18.5 Å². The van der Waals surface area contributed by atoms with E-state index < -0.39 is 12.0 Å². The molecule has 1 amide bonds. The molecule has 1 fully saturated rings. The van der Waals surface area contributed by atoms with Gasteiger partial charge in [-0.1, -0.05) is 24.3 Å². The molecule has 0 unspecified atom stereocenters. The van der Waals surface area contributed by atoms with Crippen LogP contribution in [0.3, 0.4) is 0 Å². The summed E-state index contributed by atoms with van der Waals surface area (Å²) in [7, 11) is 0. The van der Waals surface area contributed by atoms with Gasteiger partial charge >= 0.3 is 0 Å². The Balaban J connectivity index is 1.58. The Labute approximate surface area is 173 Å². The third-order valence-electron chi connectivity index (χ3n) is 5.33. The van der Waals surface area contributed by atoms with Crippen molar-refractivity contribution >= 4 is 11.6 Å². The topological polar surface area (TPSA) is 58.6 Å². The van der Waals surface area contributed by atoms with E-state index in [4.69, 9.17) is 4.74 Å². The maximum Gasteiger partial charge on any atom is 0.230 e. The molecule has 1 saturated heterocycles. The molecule has 0 bridgehead atoms. The van der Waals surface area contributed by atoms with Crippen LogP contribution in [0.1, 0.15) is 36.2 Å². The highest BCUT2D eigenvalue weighted by Gasteiger charge is 2.37. The molecule has 1 heterocycles. The van der Waals surface area contributed by atoms with Gasteiger partial charge in [-0.2, -0.15) is 0 Å². The minimum absolute atomic E-state index is 0.122. The third kappa shape index (κ3) is 4.49. The number of amides is 1. The average molecular weight is 409 g/mol. The number of carbonyl (C=O) groups excluding carboxylic acids is 1. The number of phenols is 1. The van der Waals surface area contributed by atoms with Gasteiger partial charge in [-0.25, -0.2) is 8.78 Å². The lowest BCUT2D eigenvalue weighted by molar-refractivity contribution is -0.137. The van der Waals surface area contributed by atoms with Gasteiger partial charge in [-0.05, 0) is 72.5 Å². The molecule has 1 aliphatic heterocycles. The second kappa shape index (κ2) is 8.63. The van der Waals surface area contributed by atoms with Crippen LogP contribution in [0.25, 0.3) is 0 Å². The number of hydrogen-bond acceptors (Lipinski definition) is 3. The maximum atomic E-state index is 13.3. The predicted molar refractivity (Wildman–Crippen MR) is 109 cm³/mol. The monoisotopic (exact) mass is 409 g/mol. The summed E-state index contributed by atoms with van der Waals surface area (Å²) in [5, 5.41) is 12.4. The fourth-order valence-corrected chi connectivity index (χ4v) is 3.76. The van der Waals surface area contributed by atoms with Gasteiger partial charge in [-0.3, -0.25) is 4.79 Å². The molecule has 0 radical (unpaired) electrons. The number of phenolic OH excluding ortho intramolecular Hbond substituents is 1. The van der Waals surface area contributed by atoms with Crippen LogP contribution in [-0.2, 0) is 9.53 Å². The van der Waals surface area contributed by atoms with Gasteiger partial charge in [0.15, 0.2) is 0 Å². The Hall–Kier alpha value is -3.25. The molecule has 0 aromatic heterocycles. The van der Waals surface area contributed by atoms with Gasteiger partial charge in [0, 0.05) is 5.69 Å². The zero-order valence-electron chi connectivity index (χ0n) is 16.1. The standard InChI is InChI=1S/C24H21F2NO3/c25-17-5-1-15(2-6-17)22-14-13-21(23(30-22)16-3-11-20(28)12-4-16)24(29)27-19-9-7-18(26)8-10-19/h1-12,21-23,28H,13-14H2,(H,27,29)/t21-,22-,23+/m1/s1. The highest BCUT2D eigenvalue weighted by atomic mass is 19.1. The number of aromatic hydroxyl groups is 1. The normalized spacial score (nSPS) is 21.2. The van der Waals surface area contributed by atoms with E-state index in [1.165, 1.54) is 36.4 Å². The van der Waals surface area contributed by atoms with Gasteiger partial charge in [0.25, 0.3) is 0 Å². The first-order valence-electron chi connectivity index (χ1n) is 9.76. The van der Waals surface area contributed by atoms with Crippen LogP contribution in [0.5, 0.6) is 5.75 Å². The number of rotatable bonds is 4. The summed E-state index contributed by atoms with van der Waals surface area (Å²) < 4.78 is 32.7. The molecule has 0 spiro atoms. The largest absolute Gasteiger partial charge is 0.508 e. The minimum Gasteiger partial charge on any atom is -0.508 e. The summed E-state index contributed by atoms with van der Waals surface area (Å²) >= 11 is 0. The number of carbonyl (C=O) groups is 1. The second-order valence-corrected chi connectivity index (χ2v) is 7.37. The van der Waals surface area contributed by atoms with E-state index in [0.717, 1.165) is 11.1 Å². The molecule has 3 atom stereocenters. The van der Waals surface area contributed by atoms with Crippen LogP contribution in [0, 0.1) is 17.6 Å². The molecule has 1 aliphatic rings. The highest BCUT2D eigenvalue weighted by Crippen LogP contribution is 2.43.